The highest BCUT2D eigenvalue weighted by molar-refractivity contribution is 6.05. The van der Waals surface area contributed by atoms with Gasteiger partial charge in [-0.2, -0.15) is 13.2 Å². The molecule has 0 atom stereocenters. The SMILES string of the molecule is CN(C)C1CCN(Cc2ccc(NC(=O)Nc3cccc(C#Cc4cnc(N)nc4-c4cc5c(n4C)CCN(C(=O)O)C5=O)c3)cc2C(F)(F)F)CC1. The van der Waals surface area contributed by atoms with Crippen LogP contribution < -0.4 is 16.4 Å². The molecule has 4 aromatic rings. The minimum absolute atomic E-state index is 0.00330. The summed E-state index contributed by atoms with van der Waals surface area (Å²) in [7, 11) is 5.75. The number of nitrogens with one attached hydrogen (secondary N) is 2. The van der Waals surface area contributed by atoms with Crippen molar-refractivity contribution in [2.75, 3.05) is 50.1 Å². The third-order valence-corrected chi connectivity index (χ3v) is 9.50. The molecule has 276 valence electrons. The minimum atomic E-state index is -4.60. The number of carbonyl (C=O) groups is 3. The molecule has 5 N–H and O–H groups in total. The lowest BCUT2D eigenvalue weighted by Crippen LogP contribution is -2.41. The zero-order valence-electron chi connectivity index (χ0n) is 29.3. The maximum absolute atomic E-state index is 14.1. The van der Waals surface area contributed by atoms with E-state index in [1.807, 2.05) is 19.0 Å². The Morgan fingerprint density at radius 2 is 1.75 bits per heavy atom. The second kappa shape index (κ2) is 15.0. The van der Waals surface area contributed by atoms with Crippen molar-refractivity contribution in [1.82, 2.24) is 29.2 Å². The van der Waals surface area contributed by atoms with E-state index < -0.39 is 29.8 Å². The first-order valence-corrected chi connectivity index (χ1v) is 16.8. The van der Waals surface area contributed by atoms with Crippen LogP contribution in [0.15, 0.2) is 54.7 Å². The van der Waals surface area contributed by atoms with Crippen molar-refractivity contribution in [3.05, 3.63) is 88.2 Å². The molecule has 6 rings (SSSR count). The van der Waals surface area contributed by atoms with Crippen LogP contribution in [0, 0.1) is 11.8 Å². The fraction of sp³-hybridized carbons (Fsp3) is 0.324. The number of nitrogens with two attached hydrogens (primary N) is 1. The van der Waals surface area contributed by atoms with Gasteiger partial charge in [-0.15, -0.1) is 0 Å². The molecular formula is C37H38F3N9O4. The van der Waals surface area contributed by atoms with E-state index in [-0.39, 0.29) is 35.9 Å². The zero-order chi connectivity index (χ0) is 38.0. The largest absolute Gasteiger partial charge is 0.465 e. The van der Waals surface area contributed by atoms with E-state index in [1.54, 1.807) is 41.9 Å². The van der Waals surface area contributed by atoms with E-state index in [4.69, 9.17) is 5.73 Å². The predicted octanol–water partition coefficient (Wildman–Crippen LogP) is 5.33. The van der Waals surface area contributed by atoms with Crippen LogP contribution in [0.3, 0.4) is 0 Å². The summed E-state index contributed by atoms with van der Waals surface area (Å²) in [6.07, 6.45) is -2.41. The summed E-state index contributed by atoms with van der Waals surface area (Å²) in [5.74, 6) is 5.35. The Hall–Kier alpha value is -5.92. The van der Waals surface area contributed by atoms with Crippen LogP contribution in [0.4, 0.5) is 40.1 Å². The molecule has 16 heteroatoms. The molecule has 13 nitrogen and oxygen atoms in total. The molecule has 0 aliphatic carbocycles. The molecule has 1 fully saturated rings. The van der Waals surface area contributed by atoms with Crippen LogP contribution in [0.1, 0.15) is 51.1 Å². The minimum Gasteiger partial charge on any atom is -0.465 e. The third-order valence-electron chi connectivity index (χ3n) is 9.50. The molecular weight excluding hydrogens is 691 g/mol. The van der Waals surface area contributed by atoms with Gasteiger partial charge in [0.15, 0.2) is 0 Å². The number of anilines is 3. The van der Waals surface area contributed by atoms with Crippen molar-refractivity contribution in [3.8, 4) is 23.2 Å². The number of nitrogen functional groups attached to an aromatic ring is 1. The quantitative estimate of drug-likeness (QED) is 0.192. The highest BCUT2D eigenvalue weighted by Crippen LogP contribution is 2.35. The first-order chi connectivity index (χ1) is 25.2. The number of likely N-dealkylation sites (tertiary alicyclic amines) is 1. The summed E-state index contributed by atoms with van der Waals surface area (Å²) in [4.78, 5) is 50.6. The number of carbonyl (C=O) groups excluding carboxylic acids is 2. The fourth-order valence-corrected chi connectivity index (χ4v) is 6.69. The average molecular weight is 730 g/mol. The molecule has 1 saturated heterocycles. The summed E-state index contributed by atoms with van der Waals surface area (Å²) in [5.41, 5.74) is 8.18. The summed E-state index contributed by atoms with van der Waals surface area (Å²) in [6.45, 7) is 1.59. The highest BCUT2D eigenvalue weighted by Gasteiger charge is 2.35. The Labute approximate surface area is 303 Å². The number of carboxylic acid groups (broad SMARTS) is 1. The second-order valence-electron chi connectivity index (χ2n) is 13.2. The first kappa shape index (κ1) is 36.9. The maximum atomic E-state index is 14.1. The van der Waals surface area contributed by atoms with Gasteiger partial charge in [-0.1, -0.05) is 24.0 Å². The molecule has 0 saturated carbocycles. The van der Waals surface area contributed by atoms with Gasteiger partial charge in [0, 0.05) is 61.4 Å². The number of fused-ring (bicyclic) bond motifs is 1. The number of hydrogen-bond acceptors (Lipinski definition) is 8. The van der Waals surface area contributed by atoms with Gasteiger partial charge in [-0.25, -0.2) is 24.5 Å². The molecule has 4 amide bonds. The normalized spacial score (nSPS) is 15.2. The Balaban J connectivity index is 1.16. The lowest BCUT2D eigenvalue weighted by atomic mass is 10.0. The summed E-state index contributed by atoms with van der Waals surface area (Å²) in [6, 6.07) is 11.6. The Kier molecular flexibility index (Phi) is 10.4. The van der Waals surface area contributed by atoms with Crippen LogP contribution in [0.25, 0.3) is 11.4 Å². The molecule has 2 aliphatic rings. The number of benzene rings is 2. The molecule has 4 heterocycles. The van der Waals surface area contributed by atoms with Crippen LogP contribution in [-0.4, -0.2) is 92.1 Å². The first-order valence-electron chi connectivity index (χ1n) is 16.8. The third kappa shape index (κ3) is 8.27. The van der Waals surface area contributed by atoms with Gasteiger partial charge in [-0.05, 0) is 82.0 Å². The molecule has 0 radical (unpaired) electrons. The Bertz CT molecular complexity index is 2130. The van der Waals surface area contributed by atoms with Crippen molar-refractivity contribution in [3.63, 3.8) is 0 Å². The van der Waals surface area contributed by atoms with Crippen LogP contribution in [0.5, 0.6) is 0 Å². The van der Waals surface area contributed by atoms with Crippen molar-refractivity contribution in [2.45, 2.75) is 38.0 Å². The number of nitrogens with zero attached hydrogens (tertiary/aromatic N) is 6. The van der Waals surface area contributed by atoms with E-state index in [2.05, 4.69) is 37.3 Å². The number of alkyl halides is 3. The number of halogens is 3. The second-order valence-corrected chi connectivity index (χ2v) is 13.2. The molecule has 0 spiro atoms. The average Bonchev–Trinajstić information content (AvgIpc) is 3.44. The van der Waals surface area contributed by atoms with Gasteiger partial charge in [0.2, 0.25) is 5.95 Å². The smallest absolute Gasteiger partial charge is 0.416 e. The highest BCUT2D eigenvalue weighted by atomic mass is 19.4. The number of urea groups is 1. The Morgan fingerprint density at radius 3 is 2.43 bits per heavy atom. The van der Waals surface area contributed by atoms with Gasteiger partial charge in [0.25, 0.3) is 5.91 Å². The number of hydrogen-bond donors (Lipinski definition) is 4. The van der Waals surface area contributed by atoms with Crippen molar-refractivity contribution < 1.29 is 32.7 Å². The van der Waals surface area contributed by atoms with Crippen LogP contribution in [-0.2, 0) is 26.2 Å². The van der Waals surface area contributed by atoms with E-state index in [9.17, 15) is 32.7 Å². The van der Waals surface area contributed by atoms with Gasteiger partial charge in [-0.3, -0.25) is 9.69 Å². The molecule has 53 heavy (non-hydrogen) atoms. The number of aromatic nitrogens is 3. The lowest BCUT2D eigenvalue weighted by molar-refractivity contribution is -0.138. The Morgan fingerprint density at radius 1 is 1.04 bits per heavy atom. The number of imide groups is 1. The van der Waals surface area contributed by atoms with E-state index in [1.165, 1.54) is 18.3 Å². The topological polar surface area (TPSA) is 162 Å². The zero-order valence-corrected chi connectivity index (χ0v) is 29.3. The standard InChI is InChI=1S/C37H38F3N9O4/c1-46(2)27-11-14-48(15-12-27)21-24-9-10-26(18-29(24)37(38,39)40)44-35(51)43-25-6-4-5-22(17-25)7-8-23-20-42-34(41)45-32(23)31-19-28-30(47(31)3)13-16-49(33(28)50)36(52)53/h4-6,9-10,17-20,27H,11-16,21H2,1-3H3,(H,52,53)(H2,41,42,45)(H2,43,44,51). The lowest BCUT2D eigenvalue weighted by Gasteiger charge is -2.35. The van der Waals surface area contributed by atoms with Crippen LogP contribution in [0.2, 0.25) is 0 Å². The van der Waals surface area contributed by atoms with Crippen molar-refractivity contribution in [1.29, 1.82) is 0 Å². The van der Waals surface area contributed by atoms with Gasteiger partial charge < -0.3 is 30.9 Å². The van der Waals surface area contributed by atoms with Crippen molar-refractivity contribution in [2.24, 2.45) is 7.05 Å². The van der Waals surface area contributed by atoms with E-state index in [0.29, 0.717) is 59.4 Å². The molecule has 2 aromatic carbocycles. The molecule has 0 bridgehead atoms. The predicted molar refractivity (Wildman–Crippen MR) is 192 cm³/mol. The van der Waals surface area contributed by atoms with Crippen LogP contribution >= 0.6 is 0 Å². The summed E-state index contributed by atoms with van der Waals surface area (Å²) in [5, 5.41) is 14.6. The monoisotopic (exact) mass is 729 g/mol. The molecule has 0 unspecified atom stereocenters. The van der Waals surface area contributed by atoms with E-state index >= 15 is 0 Å². The van der Waals surface area contributed by atoms with E-state index in [0.717, 1.165) is 23.8 Å². The van der Waals surface area contributed by atoms with Gasteiger partial charge in [0.1, 0.15) is 5.69 Å². The molecule has 2 aromatic heterocycles. The number of piperidine rings is 1. The van der Waals surface area contributed by atoms with Gasteiger partial charge in [0.05, 0.1) is 22.4 Å². The summed E-state index contributed by atoms with van der Waals surface area (Å²) < 4.78 is 44.1. The maximum Gasteiger partial charge on any atom is 0.416 e. The van der Waals surface area contributed by atoms with Crippen molar-refractivity contribution >= 4 is 35.4 Å². The number of amides is 4. The van der Waals surface area contributed by atoms with Gasteiger partial charge >= 0.3 is 18.3 Å². The number of rotatable bonds is 6. The fourth-order valence-electron chi connectivity index (χ4n) is 6.69. The molecule has 2 aliphatic heterocycles. The summed E-state index contributed by atoms with van der Waals surface area (Å²) >= 11 is 0.